The number of hydrogen-bond acceptors (Lipinski definition) is 3. The fourth-order valence-corrected chi connectivity index (χ4v) is 2.52. The highest BCUT2D eigenvalue weighted by atomic mass is 79.9. The van der Waals surface area contributed by atoms with Crippen LogP contribution >= 0.6 is 28.1 Å². The predicted octanol–water partition coefficient (Wildman–Crippen LogP) is 3.18. The summed E-state index contributed by atoms with van der Waals surface area (Å²) in [6, 6.07) is 3.18. The number of aromatic nitrogens is 2. The minimum Gasteiger partial charge on any atom is -0.378 e. The molecule has 0 spiro atoms. The van der Waals surface area contributed by atoms with Gasteiger partial charge in [0.25, 0.3) is 0 Å². The van der Waals surface area contributed by atoms with Crippen LogP contribution in [0.1, 0.15) is 0 Å². The largest absolute Gasteiger partial charge is 0.378 e. The molecule has 0 unspecified atom stereocenters. The second kappa shape index (κ2) is 6.80. The van der Waals surface area contributed by atoms with Gasteiger partial charge in [-0.25, -0.2) is 4.39 Å². The van der Waals surface area contributed by atoms with Crippen LogP contribution in [0.5, 0.6) is 0 Å². The summed E-state index contributed by atoms with van der Waals surface area (Å²) in [5, 5.41) is 0. The van der Waals surface area contributed by atoms with E-state index < -0.39 is 0 Å². The Bertz CT molecular complexity index is 653. The lowest BCUT2D eigenvalue weighted by Gasteiger charge is -2.10. The van der Waals surface area contributed by atoms with Crippen molar-refractivity contribution >= 4 is 39.2 Å². The Morgan fingerprint density at radius 2 is 2.15 bits per heavy atom. The van der Waals surface area contributed by atoms with Crippen molar-refractivity contribution in [2.75, 3.05) is 33.9 Å². The second-order valence-corrected chi connectivity index (χ2v) is 6.02. The molecule has 1 heterocycles. The van der Waals surface area contributed by atoms with E-state index in [1.165, 1.54) is 6.07 Å². The van der Waals surface area contributed by atoms with E-state index >= 15 is 0 Å². The minimum absolute atomic E-state index is 0.297. The van der Waals surface area contributed by atoms with Gasteiger partial charge in [0.2, 0.25) is 0 Å². The maximum atomic E-state index is 13.6. The zero-order valence-electron chi connectivity index (χ0n) is 11.4. The normalized spacial score (nSPS) is 11.7. The number of halogens is 2. The molecule has 0 aliphatic carbocycles. The van der Waals surface area contributed by atoms with Crippen molar-refractivity contribution in [3.05, 3.63) is 27.2 Å². The van der Waals surface area contributed by atoms with E-state index in [-0.39, 0.29) is 5.82 Å². The molecule has 110 valence electrons. The van der Waals surface area contributed by atoms with Crippen LogP contribution in [-0.4, -0.2) is 48.3 Å². The highest BCUT2D eigenvalue weighted by Gasteiger charge is 2.08. The van der Waals surface area contributed by atoms with Gasteiger partial charge in [0.05, 0.1) is 28.7 Å². The molecular weight excluding hydrogens is 345 g/mol. The second-order valence-electron chi connectivity index (χ2n) is 4.78. The third kappa shape index (κ3) is 3.66. The monoisotopic (exact) mass is 361 g/mol. The van der Waals surface area contributed by atoms with E-state index in [1.54, 1.807) is 6.07 Å². The number of rotatable bonds is 6. The topological polar surface area (TPSA) is 33.2 Å². The molecule has 0 saturated heterocycles. The summed E-state index contributed by atoms with van der Waals surface area (Å²) in [7, 11) is 4.00. The van der Waals surface area contributed by atoms with Gasteiger partial charge in [-0.3, -0.25) is 0 Å². The Morgan fingerprint density at radius 3 is 2.85 bits per heavy atom. The van der Waals surface area contributed by atoms with Crippen LogP contribution in [0.15, 0.2) is 16.6 Å². The van der Waals surface area contributed by atoms with Crippen LogP contribution < -0.4 is 0 Å². The molecule has 2 rings (SSSR count). The predicted molar refractivity (Wildman–Crippen MR) is 84.2 cm³/mol. The number of nitrogens with one attached hydrogen (secondary N) is 1. The molecule has 0 aliphatic rings. The first-order valence-corrected chi connectivity index (χ1v) is 7.49. The maximum Gasteiger partial charge on any atom is 0.178 e. The van der Waals surface area contributed by atoms with Gasteiger partial charge in [-0.2, -0.15) is 0 Å². The van der Waals surface area contributed by atoms with Crippen molar-refractivity contribution in [2.24, 2.45) is 0 Å². The Balaban J connectivity index is 2.08. The molecule has 2 aromatic rings. The molecule has 7 heteroatoms. The fraction of sp³-hybridized carbons (Fsp3) is 0.462. The zero-order valence-corrected chi connectivity index (χ0v) is 13.9. The van der Waals surface area contributed by atoms with Crippen LogP contribution in [0.4, 0.5) is 4.39 Å². The van der Waals surface area contributed by atoms with Crippen molar-refractivity contribution in [3.8, 4) is 0 Å². The van der Waals surface area contributed by atoms with Gasteiger partial charge in [-0.1, -0.05) is 0 Å². The average molecular weight is 362 g/mol. The lowest BCUT2D eigenvalue weighted by Crippen LogP contribution is -2.19. The molecule has 0 aliphatic heterocycles. The molecule has 0 radical (unpaired) electrons. The number of nitrogens with zero attached hydrogens (tertiary/aromatic N) is 2. The standard InChI is InChI=1S/C13H17BrFN3OS/c1-17(2)3-5-19-6-4-18-12-8-10(15)9(14)7-11(12)16-13(18)20/h7-8H,3-6H2,1-2H3,(H,16,20). The molecule has 4 nitrogen and oxygen atoms in total. The Hall–Kier alpha value is -0.760. The van der Waals surface area contributed by atoms with Crippen molar-refractivity contribution in [3.63, 3.8) is 0 Å². The number of aromatic amines is 1. The molecule has 0 saturated carbocycles. The number of imidazole rings is 1. The number of fused-ring (bicyclic) bond motifs is 1. The first-order valence-electron chi connectivity index (χ1n) is 6.29. The van der Waals surface area contributed by atoms with Gasteiger partial charge in [-0.15, -0.1) is 0 Å². The molecule has 0 fully saturated rings. The number of likely N-dealkylation sites (N-methyl/N-ethyl adjacent to an activating group) is 1. The van der Waals surface area contributed by atoms with Crippen LogP contribution in [0.2, 0.25) is 0 Å². The van der Waals surface area contributed by atoms with Gasteiger partial charge in [0.15, 0.2) is 4.77 Å². The first kappa shape index (κ1) is 15.6. The lowest BCUT2D eigenvalue weighted by molar-refractivity contribution is 0.111. The SMILES string of the molecule is CN(C)CCOCCn1c(=S)[nH]c2cc(Br)c(F)cc21. The van der Waals surface area contributed by atoms with Crippen molar-refractivity contribution in [2.45, 2.75) is 6.54 Å². The zero-order chi connectivity index (χ0) is 14.7. The molecule has 1 aromatic carbocycles. The number of benzene rings is 1. The third-order valence-corrected chi connectivity index (χ3v) is 3.89. The van der Waals surface area contributed by atoms with E-state index in [1.807, 2.05) is 18.7 Å². The van der Waals surface area contributed by atoms with Crippen molar-refractivity contribution in [1.82, 2.24) is 14.5 Å². The van der Waals surface area contributed by atoms with Crippen molar-refractivity contribution in [1.29, 1.82) is 0 Å². The number of ether oxygens (including phenoxy) is 1. The Morgan fingerprint density at radius 1 is 1.40 bits per heavy atom. The Labute approximate surface area is 130 Å². The van der Waals surface area contributed by atoms with Crippen LogP contribution in [0.25, 0.3) is 11.0 Å². The van der Waals surface area contributed by atoms with E-state index in [0.717, 1.165) is 17.6 Å². The molecule has 0 amide bonds. The number of H-pyrrole nitrogens is 1. The van der Waals surface area contributed by atoms with E-state index in [2.05, 4.69) is 25.8 Å². The third-order valence-electron chi connectivity index (χ3n) is 2.96. The summed E-state index contributed by atoms with van der Waals surface area (Å²) < 4.78 is 22.0. The van der Waals surface area contributed by atoms with Gasteiger partial charge >= 0.3 is 0 Å². The minimum atomic E-state index is -0.297. The highest BCUT2D eigenvalue weighted by Crippen LogP contribution is 2.23. The summed E-state index contributed by atoms with van der Waals surface area (Å²) in [5.74, 6) is -0.297. The van der Waals surface area contributed by atoms with E-state index in [4.69, 9.17) is 17.0 Å². The van der Waals surface area contributed by atoms with E-state index in [9.17, 15) is 4.39 Å². The summed E-state index contributed by atoms with van der Waals surface area (Å²) in [5.41, 5.74) is 1.57. The maximum absolute atomic E-state index is 13.6. The lowest BCUT2D eigenvalue weighted by atomic mass is 10.3. The summed E-state index contributed by atoms with van der Waals surface area (Å²) in [6.07, 6.45) is 0. The van der Waals surface area contributed by atoms with Gasteiger partial charge in [0.1, 0.15) is 5.82 Å². The molecular formula is C13H17BrFN3OS. The molecule has 0 bridgehead atoms. The van der Waals surface area contributed by atoms with Crippen LogP contribution in [0.3, 0.4) is 0 Å². The van der Waals surface area contributed by atoms with E-state index in [0.29, 0.717) is 29.0 Å². The average Bonchev–Trinajstić information content (AvgIpc) is 2.65. The Kier molecular flexibility index (Phi) is 5.31. The summed E-state index contributed by atoms with van der Waals surface area (Å²) in [4.78, 5) is 5.13. The van der Waals surface area contributed by atoms with Gasteiger partial charge in [-0.05, 0) is 48.3 Å². The van der Waals surface area contributed by atoms with Gasteiger partial charge in [0, 0.05) is 19.2 Å². The van der Waals surface area contributed by atoms with Gasteiger partial charge < -0.3 is 19.2 Å². The number of hydrogen-bond donors (Lipinski definition) is 1. The summed E-state index contributed by atoms with van der Waals surface area (Å²) >= 11 is 8.43. The quantitative estimate of drug-likeness (QED) is 0.633. The molecule has 20 heavy (non-hydrogen) atoms. The van der Waals surface area contributed by atoms with Crippen LogP contribution in [-0.2, 0) is 11.3 Å². The van der Waals surface area contributed by atoms with Crippen molar-refractivity contribution < 1.29 is 9.13 Å². The fourth-order valence-electron chi connectivity index (χ4n) is 1.88. The molecule has 0 atom stereocenters. The molecule has 1 N–H and O–H groups in total. The first-order chi connectivity index (χ1) is 9.49. The summed E-state index contributed by atoms with van der Waals surface area (Å²) in [6.45, 7) is 2.70. The molecule has 1 aromatic heterocycles. The smallest absolute Gasteiger partial charge is 0.178 e. The van der Waals surface area contributed by atoms with Crippen LogP contribution in [0, 0.1) is 10.6 Å². The highest BCUT2D eigenvalue weighted by molar-refractivity contribution is 9.10.